The van der Waals surface area contributed by atoms with Gasteiger partial charge in [0.05, 0.1) is 15.9 Å². The van der Waals surface area contributed by atoms with Gasteiger partial charge >= 0.3 is 5.69 Å². The molecule has 10 nitrogen and oxygen atoms in total. The Bertz CT molecular complexity index is 730. The Kier molecular flexibility index (Phi) is 3.59. The predicted octanol–water partition coefficient (Wildman–Crippen LogP) is 1.54. The highest BCUT2D eigenvalue weighted by molar-refractivity contribution is 6.19. The molecule has 0 fully saturated rings. The summed E-state index contributed by atoms with van der Waals surface area (Å²) in [6.07, 6.45) is 0. The summed E-state index contributed by atoms with van der Waals surface area (Å²) in [5.74, 6) is -1.26. The summed E-state index contributed by atoms with van der Waals surface area (Å²) < 4.78 is 0. The topological polar surface area (TPSA) is 136 Å². The Morgan fingerprint density at radius 1 is 1.00 bits per heavy atom. The Balaban J connectivity index is 2.39. The molecule has 0 radical (unpaired) electrons. The molecule has 1 heterocycles. The predicted molar refractivity (Wildman–Crippen MR) is 73.6 cm³/mol. The van der Waals surface area contributed by atoms with Crippen LogP contribution in [-0.4, -0.2) is 26.7 Å². The van der Waals surface area contributed by atoms with Crippen LogP contribution in [0.4, 0.5) is 17.1 Å². The number of nitrogens with one attached hydrogen (secondary N) is 1. The van der Waals surface area contributed by atoms with E-state index in [1.54, 1.807) is 0 Å². The minimum Gasteiger partial charge on any atom is -0.282 e. The van der Waals surface area contributed by atoms with Crippen LogP contribution in [0, 0.1) is 20.2 Å². The summed E-state index contributed by atoms with van der Waals surface area (Å²) in [6.45, 7) is 2.92. The fourth-order valence-corrected chi connectivity index (χ4v) is 1.85. The van der Waals surface area contributed by atoms with Crippen LogP contribution in [0.25, 0.3) is 0 Å². The smallest absolute Gasteiger partial charge is 0.282 e. The van der Waals surface area contributed by atoms with Gasteiger partial charge in [0.25, 0.3) is 17.5 Å². The molecule has 0 aliphatic carbocycles. The largest absolute Gasteiger partial charge is 0.300 e. The lowest BCUT2D eigenvalue weighted by Crippen LogP contribution is -2.37. The number of hydrogen-bond acceptors (Lipinski definition) is 7. The van der Waals surface area contributed by atoms with Gasteiger partial charge in [-0.05, 0) is 19.9 Å². The van der Waals surface area contributed by atoms with Crippen LogP contribution in [0.5, 0.6) is 0 Å². The van der Waals surface area contributed by atoms with Crippen molar-refractivity contribution in [3.8, 4) is 0 Å². The van der Waals surface area contributed by atoms with E-state index in [-0.39, 0.29) is 16.8 Å². The van der Waals surface area contributed by atoms with E-state index >= 15 is 0 Å². The molecule has 0 unspecified atom stereocenters. The van der Waals surface area contributed by atoms with Crippen molar-refractivity contribution in [1.82, 2.24) is 5.01 Å². The van der Waals surface area contributed by atoms with Gasteiger partial charge in [0.15, 0.2) is 0 Å². The summed E-state index contributed by atoms with van der Waals surface area (Å²) >= 11 is 0. The van der Waals surface area contributed by atoms with Crippen molar-refractivity contribution in [3.05, 3.63) is 49.6 Å². The third-order valence-corrected chi connectivity index (χ3v) is 3.23. The fourth-order valence-electron chi connectivity index (χ4n) is 1.85. The van der Waals surface area contributed by atoms with Gasteiger partial charge < -0.3 is 0 Å². The summed E-state index contributed by atoms with van der Waals surface area (Å²) in [5, 5.41) is 22.3. The first-order valence-corrected chi connectivity index (χ1v) is 5.99. The second kappa shape index (κ2) is 5.24. The highest BCUT2D eigenvalue weighted by Gasteiger charge is 2.35. The molecule has 0 bridgehead atoms. The Hall–Kier alpha value is -3.30. The first kappa shape index (κ1) is 15.1. The van der Waals surface area contributed by atoms with Gasteiger partial charge in [-0.15, -0.1) is 0 Å². The summed E-state index contributed by atoms with van der Waals surface area (Å²) in [7, 11) is 0. The number of imide groups is 1. The molecule has 10 heteroatoms. The molecular weight excluding hydrogens is 296 g/mol. The number of hydrazine groups is 1. The van der Waals surface area contributed by atoms with Crippen LogP contribution < -0.4 is 5.43 Å². The Morgan fingerprint density at radius 2 is 1.55 bits per heavy atom. The average Bonchev–Trinajstić information content (AvgIpc) is 2.65. The molecule has 0 aromatic heterocycles. The molecule has 1 aliphatic heterocycles. The second-order valence-corrected chi connectivity index (χ2v) is 4.52. The van der Waals surface area contributed by atoms with Crippen molar-refractivity contribution < 1.29 is 19.4 Å². The normalized spacial score (nSPS) is 14.5. The zero-order chi connectivity index (χ0) is 16.6. The van der Waals surface area contributed by atoms with Crippen molar-refractivity contribution in [1.29, 1.82) is 0 Å². The van der Waals surface area contributed by atoms with Gasteiger partial charge in [-0.25, -0.2) is 0 Å². The lowest BCUT2D eigenvalue weighted by molar-refractivity contribution is -0.393. The molecule has 0 spiro atoms. The van der Waals surface area contributed by atoms with E-state index in [0.29, 0.717) is 5.01 Å². The van der Waals surface area contributed by atoms with Crippen molar-refractivity contribution in [3.63, 3.8) is 0 Å². The van der Waals surface area contributed by atoms with Gasteiger partial charge in [-0.2, -0.15) is 5.01 Å². The molecular formula is C12H10N4O6. The lowest BCUT2D eigenvalue weighted by atomic mass is 10.2. The maximum atomic E-state index is 11.9. The summed E-state index contributed by atoms with van der Waals surface area (Å²) in [5.41, 5.74) is 1.51. The van der Waals surface area contributed by atoms with Gasteiger partial charge in [0.2, 0.25) is 0 Å². The lowest BCUT2D eigenvalue weighted by Gasteiger charge is -2.17. The van der Waals surface area contributed by atoms with E-state index in [0.717, 1.165) is 18.2 Å². The van der Waals surface area contributed by atoms with Crippen LogP contribution in [0.2, 0.25) is 0 Å². The average molecular weight is 306 g/mol. The molecule has 22 heavy (non-hydrogen) atoms. The second-order valence-electron chi connectivity index (χ2n) is 4.52. The minimum atomic E-state index is -0.840. The first-order valence-electron chi connectivity index (χ1n) is 5.99. The fraction of sp³-hybridized carbons (Fsp3) is 0.167. The maximum absolute atomic E-state index is 11.9. The molecule has 2 rings (SSSR count). The molecule has 1 aliphatic rings. The van der Waals surface area contributed by atoms with E-state index < -0.39 is 33.0 Å². The number of carbonyl (C=O) groups excluding carboxylic acids is 2. The number of anilines is 1. The maximum Gasteiger partial charge on any atom is 0.300 e. The van der Waals surface area contributed by atoms with Gasteiger partial charge in [-0.1, -0.05) is 0 Å². The number of rotatable bonds is 4. The van der Waals surface area contributed by atoms with Crippen LogP contribution in [0.1, 0.15) is 13.8 Å². The molecule has 0 saturated heterocycles. The number of nitro groups is 2. The highest BCUT2D eigenvalue weighted by Crippen LogP contribution is 2.31. The number of nitrogens with zero attached hydrogens (tertiary/aromatic N) is 3. The van der Waals surface area contributed by atoms with Crippen LogP contribution in [0.15, 0.2) is 29.3 Å². The standard InChI is InChI=1S/C12H10N4O6/c1-6-7(2)12(18)14(11(6)17)13-9-4-3-8(15(19)20)5-10(9)16(21)22/h3-5,13H,1-2H3. The number of benzene rings is 1. The van der Waals surface area contributed by atoms with Gasteiger partial charge in [0, 0.05) is 17.2 Å². The van der Waals surface area contributed by atoms with Crippen molar-refractivity contribution in [2.45, 2.75) is 13.8 Å². The van der Waals surface area contributed by atoms with E-state index in [4.69, 9.17) is 0 Å². The quantitative estimate of drug-likeness (QED) is 0.506. The van der Waals surface area contributed by atoms with E-state index in [9.17, 15) is 29.8 Å². The first-order chi connectivity index (χ1) is 10.2. The Labute approximate surface area is 123 Å². The highest BCUT2D eigenvalue weighted by atomic mass is 16.6. The third kappa shape index (κ3) is 2.37. The zero-order valence-corrected chi connectivity index (χ0v) is 11.5. The SMILES string of the molecule is CC1=C(C)C(=O)N(Nc2ccc([N+](=O)[O-])cc2[N+](=O)[O-])C1=O. The number of hydrogen-bond donors (Lipinski definition) is 1. The van der Waals surface area contributed by atoms with E-state index in [1.807, 2.05) is 0 Å². The minimum absolute atomic E-state index is 0.195. The van der Waals surface area contributed by atoms with Crippen LogP contribution in [-0.2, 0) is 9.59 Å². The van der Waals surface area contributed by atoms with Crippen molar-refractivity contribution in [2.75, 3.05) is 5.43 Å². The summed E-state index contributed by atoms with van der Waals surface area (Å²) in [4.78, 5) is 43.8. The monoisotopic (exact) mass is 306 g/mol. The van der Waals surface area contributed by atoms with Crippen molar-refractivity contribution in [2.24, 2.45) is 0 Å². The van der Waals surface area contributed by atoms with E-state index in [2.05, 4.69) is 5.43 Å². The van der Waals surface area contributed by atoms with Crippen LogP contribution in [0.3, 0.4) is 0 Å². The number of non-ortho nitro benzene ring substituents is 1. The number of amides is 2. The molecule has 2 amide bonds. The molecule has 1 aromatic rings. The zero-order valence-electron chi connectivity index (χ0n) is 11.5. The van der Waals surface area contributed by atoms with E-state index in [1.165, 1.54) is 13.8 Å². The Morgan fingerprint density at radius 3 is 2.00 bits per heavy atom. The third-order valence-electron chi connectivity index (χ3n) is 3.23. The van der Waals surface area contributed by atoms with Gasteiger partial charge in [0.1, 0.15) is 5.69 Å². The molecule has 1 aromatic carbocycles. The molecule has 1 N–H and O–H groups in total. The number of carbonyl (C=O) groups is 2. The molecule has 0 atom stereocenters. The number of nitro benzene ring substituents is 2. The van der Waals surface area contributed by atoms with Crippen molar-refractivity contribution >= 4 is 28.9 Å². The van der Waals surface area contributed by atoms with Gasteiger partial charge in [-0.3, -0.25) is 35.2 Å². The molecule has 114 valence electrons. The molecule has 0 saturated carbocycles. The summed E-state index contributed by atoms with van der Waals surface area (Å²) in [6, 6.07) is 2.85. The van der Waals surface area contributed by atoms with Crippen LogP contribution >= 0.6 is 0 Å².